The molecule has 0 atom stereocenters. The molecule has 15 heavy (non-hydrogen) atoms. The van der Waals surface area contributed by atoms with Gasteiger partial charge < -0.3 is 5.32 Å². The van der Waals surface area contributed by atoms with Gasteiger partial charge in [-0.2, -0.15) is 14.4 Å². The molecule has 2 aromatic rings. The van der Waals surface area contributed by atoms with Crippen molar-refractivity contribution in [2.45, 2.75) is 6.92 Å². The first kappa shape index (κ1) is 9.51. The first-order valence-electron chi connectivity index (χ1n) is 4.43. The molecule has 4 nitrogen and oxygen atoms in total. The number of benzene rings is 1. The highest BCUT2D eigenvalue weighted by Gasteiger charge is 2.01. The smallest absolute Gasteiger partial charge is 0.313 e. The van der Waals surface area contributed by atoms with Gasteiger partial charge in [0.05, 0.1) is 0 Å². The summed E-state index contributed by atoms with van der Waals surface area (Å²) in [5.41, 5.74) is 1.89. The normalized spacial score (nSPS) is 10.0. The van der Waals surface area contributed by atoms with E-state index in [1.54, 1.807) is 0 Å². The van der Waals surface area contributed by atoms with Crippen LogP contribution in [0.3, 0.4) is 0 Å². The summed E-state index contributed by atoms with van der Waals surface area (Å²) < 4.78 is 12.7. The van der Waals surface area contributed by atoms with E-state index in [0.717, 1.165) is 17.6 Å². The third-order valence-corrected chi connectivity index (χ3v) is 1.93. The standard InChI is InChI=1S/C10H9FN4/c1-7-4-2-3-5-8(7)14-10-13-6-12-9(11)15-10/h2-6H,1H3,(H,12,13,14,15). The first-order chi connectivity index (χ1) is 7.25. The molecule has 0 aliphatic rings. The molecular formula is C10H9FN4. The van der Waals surface area contributed by atoms with Crippen molar-refractivity contribution in [3.63, 3.8) is 0 Å². The Morgan fingerprint density at radius 2 is 2.00 bits per heavy atom. The van der Waals surface area contributed by atoms with Crippen molar-refractivity contribution in [2.24, 2.45) is 0 Å². The van der Waals surface area contributed by atoms with E-state index in [1.807, 2.05) is 31.2 Å². The SMILES string of the molecule is Cc1ccccc1Nc1ncnc(F)n1. The molecule has 0 unspecified atom stereocenters. The van der Waals surface area contributed by atoms with Crippen LogP contribution in [0.1, 0.15) is 5.56 Å². The maximum Gasteiger partial charge on any atom is 0.313 e. The second-order valence-corrected chi connectivity index (χ2v) is 3.02. The van der Waals surface area contributed by atoms with Crippen molar-refractivity contribution >= 4 is 11.6 Å². The molecule has 1 aromatic heterocycles. The van der Waals surface area contributed by atoms with Crippen molar-refractivity contribution in [3.8, 4) is 0 Å². The number of nitrogens with zero attached hydrogens (tertiary/aromatic N) is 3. The Morgan fingerprint density at radius 1 is 1.20 bits per heavy atom. The lowest BCUT2D eigenvalue weighted by Gasteiger charge is -2.06. The molecule has 0 bridgehead atoms. The van der Waals surface area contributed by atoms with Gasteiger partial charge in [-0.3, -0.25) is 0 Å². The fraction of sp³-hybridized carbons (Fsp3) is 0.100. The summed E-state index contributed by atoms with van der Waals surface area (Å²) in [4.78, 5) is 10.6. The molecule has 0 spiro atoms. The summed E-state index contributed by atoms with van der Waals surface area (Å²) in [6.07, 6.45) is 0.337. The Morgan fingerprint density at radius 3 is 2.73 bits per heavy atom. The quantitative estimate of drug-likeness (QED) is 0.813. The maximum absolute atomic E-state index is 12.7. The average Bonchev–Trinajstić information content (AvgIpc) is 2.22. The molecule has 0 radical (unpaired) electrons. The molecule has 0 amide bonds. The molecule has 2 rings (SSSR count). The molecule has 76 valence electrons. The zero-order chi connectivity index (χ0) is 10.7. The summed E-state index contributed by atoms with van der Waals surface area (Å²) in [5, 5.41) is 2.91. The van der Waals surface area contributed by atoms with Gasteiger partial charge in [-0.25, -0.2) is 4.98 Å². The number of aromatic nitrogens is 3. The van der Waals surface area contributed by atoms with Gasteiger partial charge in [0.1, 0.15) is 6.33 Å². The van der Waals surface area contributed by atoms with Gasteiger partial charge in [-0.15, -0.1) is 0 Å². The predicted octanol–water partition coefficient (Wildman–Crippen LogP) is 2.06. The van der Waals surface area contributed by atoms with E-state index in [-0.39, 0.29) is 5.95 Å². The van der Waals surface area contributed by atoms with Gasteiger partial charge in [0, 0.05) is 5.69 Å². The number of nitrogens with one attached hydrogen (secondary N) is 1. The Hall–Kier alpha value is -2.04. The molecule has 0 aliphatic heterocycles. The summed E-state index contributed by atoms with van der Waals surface area (Å²) in [6, 6.07) is 7.62. The monoisotopic (exact) mass is 204 g/mol. The molecule has 0 aliphatic carbocycles. The first-order valence-corrected chi connectivity index (χ1v) is 4.43. The number of aryl methyl sites for hydroxylation is 1. The van der Waals surface area contributed by atoms with Crippen molar-refractivity contribution in [1.82, 2.24) is 15.0 Å². The topological polar surface area (TPSA) is 50.7 Å². The van der Waals surface area contributed by atoms with Crippen molar-refractivity contribution < 1.29 is 4.39 Å². The number of para-hydroxylation sites is 1. The largest absolute Gasteiger partial charge is 0.324 e. The zero-order valence-corrected chi connectivity index (χ0v) is 8.11. The van der Waals surface area contributed by atoms with Crippen LogP contribution in [0, 0.1) is 13.0 Å². The third-order valence-electron chi connectivity index (χ3n) is 1.93. The highest BCUT2D eigenvalue weighted by atomic mass is 19.1. The van der Waals surface area contributed by atoms with Crippen LogP contribution in [0.25, 0.3) is 0 Å². The number of rotatable bonds is 2. The van der Waals surface area contributed by atoms with Crippen molar-refractivity contribution in [3.05, 3.63) is 42.2 Å². The van der Waals surface area contributed by atoms with Crippen LogP contribution < -0.4 is 5.32 Å². The number of anilines is 2. The lowest BCUT2D eigenvalue weighted by molar-refractivity contribution is 0.534. The number of hydrogen-bond donors (Lipinski definition) is 1. The molecule has 0 saturated heterocycles. The maximum atomic E-state index is 12.7. The van der Waals surface area contributed by atoms with E-state index in [2.05, 4.69) is 20.3 Å². The number of halogens is 1. The second-order valence-electron chi connectivity index (χ2n) is 3.02. The van der Waals surface area contributed by atoms with Crippen LogP contribution >= 0.6 is 0 Å². The number of hydrogen-bond acceptors (Lipinski definition) is 4. The van der Waals surface area contributed by atoms with Gasteiger partial charge >= 0.3 is 6.08 Å². The Kier molecular flexibility index (Phi) is 2.53. The van der Waals surface area contributed by atoms with E-state index in [1.165, 1.54) is 0 Å². The molecular weight excluding hydrogens is 195 g/mol. The van der Waals surface area contributed by atoms with Crippen molar-refractivity contribution in [2.75, 3.05) is 5.32 Å². The van der Waals surface area contributed by atoms with Gasteiger partial charge in [-0.1, -0.05) is 18.2 Å². The van der Waals surface area contributed by atoms with Crippen LogP contribution in [0.5, 0.6) is 0 Å². The minimum atomic E-state index is -0.791. The molecule has 0 saturated carbocycles. The third kappa shape index (κ3) is 2.25. The minimum Gasteiger partial charge on any atom is -0.324 e. The molecule has 0 fully saturated rings. The second kappa shape index (κ2) is 4.00. The van der Waals surface area contributed by atoms with E-state index < -0.39 is 6.08 Å². The highest BCUT2D eigenvalue weighted by molar-refractivity contribution is 5.57. The summed E-state index contributed by atoms with van der Waals surface area (Å²) in [7, 11) is 0. The lowest BCUT2D eigenvalue weighted by atomic mass is 10.2. The Bertz CT molecular complexity index is 472. The highest BCUT2D eigenvalue weighted by Crippen LogP contribution is 2.16. The molecule has 5 heteroatoms. The predicted molar refractivity (Wildman–Crippen MR) is 54.2 cm³/mol. The van der Waals surface area contributed by atoms with E-state index in [9.17, 15) is 4.39 Å². The fourth-order valence-electron chi connectivity index (χ4n) is 1.17. The Labute approximate surface area is 86.2 Å². The van der Waals surface area contributed by atoms with Gasteiger partial charge in [0.2, 0.25) is 5.95 Å². The van der Waals surface area contributed by atoms with E-state index in [0.29, 0.717) is 0 Å². The Balaban J connectivity index is 2.26. The van der Waals surface area contributed by atoms with Gasteiger partial charge in [0.15, 0.2) is 0 Å². The van der Waals surface area contributed by atoms with Crippen LogP contribution in [-0.4, -0.2) is 15.0 Å². The molecule has 1 aromatic carbocycles. The average molecular weight is 204 g/mol. The fourth-order valence-corrected chi connectivity index (χ4v) is 1.17. The minimum absolute atomic E-state index is 0.205. The van der Waals surface area contributed by atoms with Gasteiger partial charge in [-0.05, 0) is 18.6 Å². The molecule has 1 heterocycles. The van der Waals surface area contributed by atoms with Crippen LogP contribution in [0.15, 0.2) is 30.6 Å². The van der Waals surface area contributed by atoms with E-state index >= 15 is 0 Å². The van der Waals surface area contributed by atoms with Crippen LogP contribution in [-0.2, 0) is 0 Å². The van der Waals surface area contributed by atoms with Gasteiger partial charge in [0.25, 0.3) is 0 Å². The molecule has 1 N–H and O–H groups in total. The zero-order valence-electron chi connectivity index (χ0n) is 8.11. The van der Waals surface area contributed by atoms with E-state index in [4.69, 9.17) is 0 Å². The summed E-state index contributed by atoms with van der Waals surface area (Å²) in [6.45, 7) is 1.94. The summed E-state index contributed by atoms with van der Waals surface area (Å²) in [5.74, 6) is 0.205. The lowest BCUT2D eigenvalue weighted by Crippen LogP contribution is -2.01. The summed E-state index contributed by atoms with van der Waals surface area (Å²) >= 11 is 0. The van der Waals surface area contributed by atoms with Crippen LogP contribution in [0.4, 0.5) is 16.0 Å². The van der Waals surface area contributed by atoms with Crippen LogP contribution in [0.2, 0.25) is 0 Å². The van der Waals surface area contributed by atoms with Crippen molar-refractivity contribution in [1.29, 1.82) is 0 Å².